The highest BCUT2D eigenvalue weighted by Gasteiger charge is 2.41. The molecular weight excluding hydrogens is 513 g/mol. The summed E-state index contributed by atoms with van der Waals surface area (Å²) in [6, 6.07) is 30.7. The van der Waals surface area contributed by atoms with Crippen LogP contribution in [0.1, 0.15) is 5.56 Å². The Balaban J connectivity index is 2.10. The molecule has 0 amide bonds. The van der Waals surface area contributed by atoms with E-state index in [0.29, 0.717) is 0 Å². The third-order valence-electron chi connectivity index (χ3n) is 3.68. The first kappa shape index (κ1) is 16.4. The van der Waals surface area contributed by atoms with Gasteiger partial charge < -0.3 is 0 Å². The van der Waals surface area contributed by atoms with Gasteiger partial charge in [0.25, 0.3) is 0 Å². The van der Waals surface area contributed by atoms with E-state index in [9.17, 15) is 0 Å². The van der Waals surface area contributed by atoms with Crippen molar-refractivity contribution in [1.29, 1.82) is 0 Å². The molecule has 0 spiro atoms. The van der Waals surface area contributed by atoms with Gasteiger partial charge in [0.05, 0.1) is 0 Å². The average Bonchev–Trinajstić information content (AvgIpc) is 2.58. The van der Waals surface area contributed by atoms with Crippen LogP contribution in [0, 0.1) is 3.57 Å². The van der Waals surface area contributed by atoms with E-state index in [0.717, 1.165) is 6.16 Å². The molecule has 0 aromatic heterocycles. The molecule has 0 aliphatic rings. The monoisotopic (exact) mass is 529 g/mol. The van der Waals surface area contributed by atoms with E-state index in [1.165, 1.54) is 19.7 Å². The predicted molar refractivity (Wildman–Crippen MR) is 116 cm³/mol. The summed E-state index contributed by atoms with van der Waals surface area (Å²) < 4.78 is 1.35. The van der Waals surface area contributed by atoms with Crippen LogP contribution in [0.3, 0.4) is 0 Å². The Hall–Kier alpha value is -0.450. The van der Waals surface area contributed by atoms with Crippen LogP contribution in [-0.2, 0) is 6.16 Å². The van der Waals surface area contributed by atoms with E-state index in [2.05, 4.69) is 130 Å². The summed E-state index contributed by atoms with van der Waals surface area (Å²) in [5.74, 6) is 0. The lowest BCUT2D eigenvalue weighted by Crippen LogP contribution is -2.19. The molecule has 0 saturated carbocycles. The molecule has 0 atom stereocenters. The molecule has 0 aliphatic heterocycles. The first-order valence-electron chi connectivity index (χ1n) is 7.12. The zero-order valence-corrected chi connectivity index (χ0v) is 17.2. The van der Waals surface area contributed by atoms with E-state index in [4.69, 9.17) is 0 Å². The van der Waals surface area contributed by atoms with Crippen LogP contribution >= 0.6 is 49.5 Å². The van der Waals surface area contributed by atoms with Gasteiger partial charge in [0.2, 0.25) is 0 Å². The van der Waals surface area contributed by atoms with Gasteiger partial charge in [-0.2, -0.15) is 0 Å². The summed E-state index contributed by atoms with van der Waals surface area (Å²) in [6.45, 7) is 0. The van der Waals surface area contributed by atoms with Crippen molar-refractivity contribution in [3.05, 3.63) is 94.1 Å². The molecule has 0 aliphatic carbocycles. The minimum absolute atomic E-state index is 1.10. The smallest absolute Gasteiger partial charge is 0.0620 e. The molecule has 3 heteroatoms. The third kappa shape index (κ3) is 3.55. The second-order valence-corrected chi connectivity index (χ2v) is 14.0. The lowest BCUT2D eigenvalue weighted by atomic mass is 10.2. The quantitative estimate of drug-likeness (QED) is 0.296. The number of hydrogen-bond acceptors (Lipinski definition) is 0. The topological polar surface area (TPSA) is 0 Å². The molecule has 3 aromatic rings. The maximum absolute atomic E-state index is 2.73. The molecule has 0 radical (unpaired) electrons. The molecule has 3 rings (SSSR count). The van der Waals surface area contributed by atoms with Crippen LogP contribution in [0.25, 0.3) is 0 Å². The summed E-state index contributed by atoms with van der Waals surface area (Å²) in [5.41, 5.74) is 1.44. The first-order chi connectivity index (χ1) is 10.7. The SMILES string of the molecule is Ic1ccccc1C[P+](I)(c1ccccc1)c1ccccc1. The molecular formula is C19H16I2P+. The van der Waals surface area contributed by atoms with Crippen molar-refractivity contribution in [2.45, 2.75) is 6.16 Å². The van der Waals surface area contributed by atoms with Gasteiger partial charge in [0.1, 0.15) is 21.7 Å². The standard InChI is InChI=1S/C19H16I2P/c20-19-14-8-7-9-16(19)15-22(21,17-10-3-1-4-11-17)18-12-5-2-6-13-18/h1-14H,15H2/q+1. The Labute approximate surface area is 159 Å². The minimum Gasteiger partial charge on any atom is -0.0620 e. The molecule has 0 saturated heterocycles. The number of rotatable bonds is 4. The van der Waals surface area contributed by atoms with Crippen molar-refractivity contribution in [1.82, 2.24) is 0 Å². The maximum atomic E-state index is 2.73. The van der Waals surface area contributed by atoms with Crippen LogP contribution < -0.4 is 10.6 Å². The van der Waals surface area contributed by atoms with Crippen LogP contribution in [0.5, 0.6) is 0 Å². The molecule has 0 bridgehead atoms. The first-order valence-corrected chi connectivity index (χ1v) is 13.0. The Kier molecular flexibility index (Phi) is 5.53. The zero-order chi connectivity index (χ0) is 15.4. The van der Waals surface area contributed by atoms with Gasteiger partial charge in [-0.05, 0) is 52.9 Å². The van der Waals surface area contributed by atoms with E-state index in [1.807, 2.05) is 0 Å². The lowest BCUT2D eigenvalue weighted by molar-refractivity contribution is 1.37. The molecule has 110 valence electrons. The summed E-state index contributed by atoms with van der Waals surface area (Å²) in [5, 5.41) is 2.92. The van der Waals surface area contributed by atoms with Crippen molar-refractivity contribution in [2.75, 3.05) is 0 Å². The fourth-order valence-corrected chi connectivity index (χ4v) is 9.13. The predicted octanol–water partition coefficient (Wildman–Crippen LogP) is 5.81. The van der Waals surface area contributed by atoms with E-state index in [1.54, 1.807) is 0 Å². The third-order valence-corrected chi connectivity index (χ3v) is 12.1. The fourth-order valence-electron chi connectivity index (χ4n) is 2.52. The van der Waals surface area contributed by atoms with Crippen LogP contribution in [-0.4, -0.2) is 0 Å². The minimum atomic E-state index is -1.46. The normalized spacial score (nSPS) is 11.4. The summed E-state index contributed by atoms with van der Waals surface area (Å²) in [7, 11) is 0. The molecule has 0 fully saturated rings. The maximum Gasteiger partial charge on any atom is 0.167 e. The van der Waals surface area contributed by atoms with Gasteiger partial charge in [-0.1, -0.05) is 54.6 Å². The summed E-state index contributed by atoms with van der Waals surface area (Å²) in [4.78, 5) is -1.46. The van der Waals surface area contributed by atoms with Gasteiger partial charge in [0.15, 0.2) is 22.0 Å². The second-order valence-electron chi connectivity index (χ2n) is 5.14. The molecule has 0 N–H and O–H groups in total. The van der Waals surface area contributed by atoms with Gasteiger partial charge in [-0.3, -0.25) is 0 Å². The Morgan fingerprint density at radius 1 is 0.636 bits per heavy atom. The summed E-state index contributed by atoms with van der Waals surface area (Å²) in [6.07, 6.45) is 1.10. The average molecular weight is 529 g/mol. The summed E-state index contributed by atoms with van der Waals surface area (Å²) >= 11 is 5.19. The number of halogens is 2. The van der Waals surface area contributed by atoms with Gasteiger partial charge in [-0.15, -0.1) is 0 Å². The fraction of sp³-hybridized carbons (Fsp3) is 0.0526. The van der Waals surface area contributed by atoms with E-state index >= 15 is 0 Å². The van der Waals surface area contributed by atoms with Gasteiger partial charge >= 0.3 is 0 Å². The van der Waals surface area contributed by atoms with Crippen LogP contribution in [0.2, 0.25) is 0 Å². The number of benzene rings is 3. The van der Waals surface area contributed by atoms with Gasteiger partial charge in [-0.25, -0.2) is 0 Å². The molecule has 3 aromatic carbocycles. The molecule has 22 heavy (non-hydrogen) atoms. The van der Waals surface area contributed by atoms with Gasteiger partial charge in [0, 0.05) is 9.13 Å². The molecule has 0 unspecified atom stereocenters. The highest BCUT2D eigenvalue weighted by atomic mass is 127. The molecule has 0 nitrogen and oxygen atoms in total. The van der Waals surface area contributed by atoms with Crippen molar-refractivity contribution >= 4 is 60.1 Å². The van der Waals surface area contributed by atoms with Crippen LogP contribution in [0.4, 0.5) is 0 Å². The lowest BCUT2D eigenvalue weighted by Gasteiger charge is -2.21. The Bertz CT molecular complexity index is 702. The molecule has 0 heterocycles. The highest BCUT2D eigenvalue weighted by Crippen LogP contribution is 2.67. The van der Waals surface area contributed by atoms with Crippen molar-refractivity contribution in [3.63, 3.8) is 0 Å². The van der Waals surface area contributed by atoms with E-state index < -0.39 is 4.90 Å². The van der Waals surface area contributed by atoms with Crippen molar-refractivity contribution in [2.24, 2.45) is 0 Å². The number of hydrogen-bond donors (Lipinski definition) is 0. The zero-order valence-electron chi connectivity index (χ0n) is 12.0. The Morgan fingerprint density at radius 3 is 1.59 bits per heavy atom. The highest BCUT2D eigenvalue weighted by molar-refractivity contribution is 14.2. The van der Waals surface area contributed by atoms with Crippen molar-refractivity contribution < 1.29 is 0 Å². The van der Waals surface area contributed by atoms with Crippen LogP contribution in [0.15, 0.2) is 84.9 Å². The van der Waals surface area contributed by atoms with Crippen molar-refractivity contribution in [3.8, 4) is 0 Å². The largest absolute Gasteiger partial charge is 0.167 e. The Morgan fingerprint density at radius 2 is 1.09 bits per heavy atom. The second kappa shape index (κ2) is 7.41. The van der Waals surface area contributed by atoms with E-state index in [-0.39, 0.29) is 0 Å².